The molecule has 2 aromatic carbocycles. The van der Waals surface area contributed by atoms with Gasteiger partial charge < -0.3 is 20.7 Å². The van der Waals surface area contributed by atoms with E-state index >= 15 is 0 Å². The Bertz CT molecular complexity index is 1260. The summed E-state index contributed by atoms with van der Waals surface area (Å²) in [6, 6.07) is 16.2. The smallest absolute Gasteiger partial charge is 0.341 e. The van der Waals surface area contributed by atoms with Crippen LogP contribution in [0.1, 0.15) is 45.4 Å². The fourth-order valence-corrected chi connectivity index (χ4v) is 5.16. The number of anilines is 3. The first-order chi connectivity index (χ1) is 17.3. The van der Waals surface area contributed by atoms with Crippen molar-refractivity contribution in [2.24, 2.45) is 0 Å². The van der Waals surface area contributed by atoms with E-state index in [2.05, 4.69) is 16.0 Å². The maximum atomic E-state index is 12.9. The first-order valence-corrected chi connectivity index (χ1v) is 13.0. The molecule has 1 heterocycles. The molecule has 3 N–H and O–H groups in total. The summed E-state index contributed by atoms with van der Waals surface area (Å²) < 4.78 is 4.89. The van der Waals surface area contributed by atoms with Crippen molar-refractivity contribution in [1.29, 1.82) is 0 Å². The van der Waals surface area contributed by atoms with E-state index in [1.54, 1.807) is 49.4 Å². The summed E-state index contributed by atoms with van der Waals surface area (Å²) in [5.74, 6) is -1.36. The predicted octanol–water partition coefficient (Wildman–Crippen LogP) is 5.56. The monoisotopic (exact) mass is 525 g/mol. The normalized spacial score (nSPS) is 10.4. The molecule has 3 amide bonds. The molecule has 0 aliphatic heterocycles. The van der Waals surface area contributed by atoms with Crippen LogP contribution >= 0.6 is 23.1 Å². The van der Waals surface area contributed by atoms with E-state index in [0.29, 0.717) is 28.2 Å². The first kappa shape index (κ1) is 27.0. The third-order valence-electron chi connectivity index (χ3n) is 4.99. The number of methoxy groups -OCH3 is 1. The summed E-state index contributed by atoms with van der Waals surface area (Å²) in [7, 11) is 1.25. The molecule has 0 aliphatic carbocycles. The molecule has 0 bridgehead atoms. The molecule has 36 heavy (non-hydrogen) atoms. The quantitative estimate of drug-likeness (QED) is 0.236. The minimum absolute atomic E-state index is 0.0621. The molecule has 1 aromatic heterocycles. The fourth-order valence-electron chi connectivity index (χ4n) is 3.30. The van der Waals surface area contributed by atoms with Crippen LogP contribution in [0.2, 0.25) is 0 Å². The van der Waals surface area contributed by atoms with Gasteiger partial charge in [0.2, 0.25) is 11.8 Å². The van der Waals surface area contributed by atoms with Gasteiger partial charge >= 0.3 is 5.97 Å². The van der Waals surface area contributed by atoms with E-state index in [4.69, 9.17) is 4.74 Å². The summed E-state index contributed by atoms with van der Waals surface area (Å²) >= 11 is 2.31. The Morgan fingerprint density at radius 2 is 1.64 bits per heavy atom. The van der Waals surface area contributed by atoms with Gasteiger partial charge in [0, 0.05) is 22.7 Å². The van der Waals surface area contributed by atoms with Gasteiger partial charge in [-0.3, -0.25) is 14.4 Å². The molecular formula is C26H27N3O5S2. The van der Waals surface area contributed by atoms with Gasteiger partial charge in [-0.1, -0.05) is 31.2 Å². The minimum atomic E-state index is -0.638. The summed E-state index contributed by atoms with van der Waals surface area (Å²) in [4.78, 5) is 51.0. The maximum Gasteiger partial charge on any atom is 0.341 e. The van der Waals surface area contributed by atoms with Crippen LogP contribution in [0, 0.1) is 6.92 Å². The van der Waals surface area contributed by atoms with Crippen LogP contribution in [0.3, 0.4) is 0 Å². The number of carbonyl (C=O) groups is 4. The van der Waals surface area contributed by atoms with E-state index in [1.807, 2.05) is 19.1 Å². The van der Waals surface area contributed by atoms with Crippen molar-refractivity contribution in [3.05, 3.63) is 70.6 Å². The topological polar surface area (TPSA) is 114 Å². The molecule has 0 saturated heterocycles. The van der Waals surface area contributed by atoms with Gasteiger partial charge in [0.05, 0.1) is 23.3 Å². The van der Waals surface area contributed by atoms with Crippen LogP contribution in [0.15, 0.2) is 59.5 Å². The summed E-state index contributed by atoms with van der Waals surface area (Å²) in [6.07, 6.45) is 1.19. The Kier molecular flexibility index (Phi) is 9.66. The zero-order valence-corrected chi connectivity index (χ0v) is 21.8. The van der Waals surface area contributed by atoms with E-state index in [-0.39, 0.29) is 34.0 Å². The lowest BCUT2D eigenvalue weighted by molar-refractivity contribution is -0.116. The van der Waals surface area contributed by atoms with Gasteiger partial charge in [-0.05, 0) is 49.2 Å². The summed E-state index contributed by atoms with van der Waals surface area (Å²) in [5.41, 5.74) is 1.86. The van der Waals surface area contributed by atoms with Crippen molar-refractivity contribution in [2.45, 2.75) is 31.6 Å². The molecule has 3 rings (SSSR count). The molecule has 0 fully saturated rings. The second kappa shape index (κ2) is 12.9. The standard InChI is InChI=1S/C26H27N3O5S2/c1-4-9-20(30)27-18-12-8-13-19(14-18)35-15-21(31)29-25-22(26(33)34-3)16(2)23(36-25)24(32)28-17-10-6-5-7-11-17/h5-8,10-14H,4,9,15H2,1-3H3,(H,27,30)(H,28,32)(H,29,31). The predicted molar refractivity (Wildman–Crippen MR) is 144 cm³/mol. The molecule has 0 saturated carbocycles. The van der Waals surface area contributed by atoms with Crippen molar-refractivity contribution in [2.75, 3.05) is 28.8 Å². The average Bonchev–Trinajstić information content (AvgIpc) is 3.18. The van der Waals surface area contributed by atoms with Gasteiger partial charge in [0.15, 0.2) is 0 Å². The van der Waals surface area contributed by atoms with E-state index in [1.165, 1.54) is 18.9 Å². The zero-order chi connectivity index (χ0) is 26.1. The first-order valence-electron chi connectivity index (χ1n) is 11.2. The van der Waals surface area contributed by atoms with Crippen LogP contribution in [-0.2, 0) is 14.3 Å². The molecule has 0 unspecified atom stereocenters. The summed E-state index contributed by atoms with van der Waals surface area (Å²) in [5, 5.41) is 8.63. The number of hydrogen-bond acceptors (Lipinski definition) is 7. The number of hydrogen-bond donors (Lipinski definition) is 3. The molecule has 0 radical (unpaired) electrons. The van der Waals surface area contributed by atoms with Gasteiger partial charge in [-0.25, -0.2) is 4.79 Å². The maximum absolute atomic E-state index is 12.9. The number of thiophene rings is 1. The van der Waals surface area contributed by atoms with E-state index in [9.17, 15) is 19.2 Å². The zero-order valence-electron chi connectivity index (χ0n) is 20.2. The van der Waals surface area contributed by atoms with Crippen molar-refractivity contribution in [3.8, 4) is 0 Å². The number of esters is 1. The lowest BCUT2D eigenvalue weighted by atomic mass is 10.1. The second-order valence-electron chi connectivity index (χ2n) is 7.73. The lowest BCUT2D eigenvalue weighted by Gasteiger charge is -2.08. The highest BCUT2D eigenvalue weighted by Crippen LogP contribution is 2.34. The Hall–Kier alpha value is -3.63. The van der Waals surface area contributed by atoms with Crippen LogP contribution in [0.4, 0.5) is 16.4 Å². The van der Waals surface area contributed by atoms with Crippen LogP contribution in [0.5, 0.6) is 0 Å². The SMILES string of the molecule is CCCC(=O)Nc1cccc(SCC(=O)Nc2sc(C(=O)Nc3ccccc3)c(C)c2C(=O)OC)c1. The molecule has 10 heteroatoms. The van der Waals surface area contributed by atoms with Crippen molar-refractivity contribution < 1.29 is 23.9 Å². The van der Waals surface area contributed by atoms with Gasteiger partial charge in [0.1, 0.15) is 5.00 Å². The second-order valence-corrected chi connectivity index (χ2v) is 9.80. The van der Waals surface area contributed by atoms with Crippen molar-refractivity contribution >= 4 is 63.2 Å². The van der Waals surface area contributed by atoms with Crippen molar-refractivity contribution in [1.82, 2.24) is 0 Å². The van der Waals surface area contributed by atoms with Gasteiger partial charge in [0.25, 0.3) is 5.91 Å². The number of ether oxygens (including phenoxy) is 1. The van der Waals surface area contributed by atoms with E-state index in [0.717, 1.165) is 22.7 Å². The fraction of sp³-hybridized carbons (Fsp3) is 0.231. The van der Waals surface area contributed by atoms with Gasteiger partial charge in [-0.2, -0.15) is 0 Å². The molecular weight excluding hydrogens is 498 g/mol. The van der Waals surface area contributed by atoms with Crippen LogP contribution in [0.25, 0.3) is 0 Å². The molecule has 0 aliphatic rings. The highest BCUT2D eigenvalue weighted by atomic mass is 32.2. The number of para-hydroxylation sites is 1. The van der Waals surface area contributed by atoms with Crippen LogP contribution in [-0.4, -0.2) is 36.6 Å². The number of carbonyl (C=O) groups excluding carboxylic acids is 4. The average molecular weight is 526 g/mol. The highest BCUT2D eigenvalue weighted by Gasteiger charge is 2.26. The van der Waals surface area contributed by atoms with Gasteiger partial charge in [-0.15, -0.1) is 23.1 Å². The third kappa shape index (κ3) is 7.19. The number of nitrogens with one attached hydrogen (secondary N) is 3. The van der Waals surface area contributed by atoms with Crippen molar-refractivity contribution in [3.63, 3.8) is 0 Å². The largest absolute Gasteiger partial charge is 0.465 e. The third-order valence-corrected chi connectivity index (χ3v) is 7.19. The van der Waals surface area contributed by atoms with Crippen LogP contribution < -0.4 is 16.0 Å². The van der Waals surface area contributed by atoms with E-state index < -0.39 is 5.97 Å². The number of benzene rings is 2. The number of rotatable bonds is 10. The molecule has 188 valence electrons. The Morgan fingerprint density at radius 1 is 0.917 bits per heavy atom. The lowest BCUT2D eigenvalue weighted by Crippen LogP contribution is -2.16. The Morgan fingerprint density at radius 3 is 2.33 bits per heavy atom. The minimum Gasteiger partial charge on any atom is -0.465 e. The highest BCUT2D eigenvalue weighted by molar-refractivity contribution is 8.00. The molecule has 0 spiro atoms. The molecule has 0 atom stereocenters. The number of thioether (sulfide) groups is 1. The Labute approximate surface area is 217 Å². The summed E-state index contributed by atoms with van der Waals surface area (Å²) in [6.45, 7) is 3.58. The number of amides is 3. The molecule has 3 aromatic rings. The molecule has 8 nitrogen and oxygen atoms in total. The Balaban J connectivity index is 1.71.